The van der Waals surface area contributed by atoms with Crippen molar-refractivity contribution < 1.29 is 4.21 Å². The van der Waals surface area contributed by atoms with Crippen molar-refractivity contribution in [3.8, 4) is 0 Å². The van der Waals surface area contributed by atoms with E-state index in [2.05, 4.69) is 11.6 Å². The maximum absolute atomic E-state index is 11.3. The Morgan fingerprint density at radius 3 is 2.27 bits per heavy atom. The Morgan fingerprint density at radius 1 is 1.36 bits per heavy atom. The molecule has 1 atom stereocenters. The predicted molar refractivity (Wildman–Crippen MR) is 50.8 cm³/mol. The molecule has 0 fully saturated rings. The molecule has 3 heteroatoms. The van der Waals surface area contributed by atoms with Crippen molar-refractivity contribution in [2.45, 2.75) is 45.3 Å². The first kappa shape index (κ1) is 11.1. The summed E-state index contributed by atoms with van der Waals surface area (Å²) in [4.78, 5) is 0. The summed E-state index contributed by atoms with van der Waals surface area (Å²) in [6.45, 7) is 8.91. The fraction of sp³-hybridized carbons (Fsp3) is 1.00. The monoisotopic (exact) mass is 177 g/mol. The van der Waals surface area contributed by atoms with E-state index in [1.54, 1.807) is 0 Å². The third-order valence-corrected chi connectivity index (χ3v) is 2.90. The standard InChI is InChI=1S/C8H19NOS/c1-5-6-7-9-11(10)8(2,3)4/h9H,5-7H2,1-4H3. The van der Waals surface area contributed by atoms with Crippen LogP contribution < -0.4 is 4.72 Å². The smallest absolute Gasteiger partial charge is 0.0970 e. The molecule has 0 bridgehead atoms. The third kappa shape index (κ3) is 5.39. The van der Waals surface area contributed by atoms with Crippen molar-refractivity contribution in [3.63, 3.8) is 0 Å². The second kappa shape index (κ2) is 4.88. The Morgan fingerprint density at radius 2 is 1.91 bits per heavy atom. The summed E-state index contributed by atoms with van der Waals surface area (Å²) in [7, 11) is -0.889. The van der Waals surface area contributed by atoms with E-state index in [9.17, 15) is 4.21 Å². The van der Waals surface area contributed by atoms with Crippen molar-refractivity contribution in [1.29, 1.82) is 0 Å². The topological polar surface area (TPSA) is 29.1 Å². The molecule has 0 aromatic heterocycles. The Bertz CT molecular complexity index is 129. The van der Waals surface area contributed by atoms with Gasteiger partial charge in [0.15, 0.2) is 0 Å². The van der Waals surface area contributed by atoms with E-state index in [0.717, 1.165) is 19.4 Å². The van der Waals surface area contributed by atoms with Crippen LogP contribution in [0.25, 0.3) is 0 Å². The van der Waals surface area contributed by atoms with E-state index in [1.165, 1.54) is 0 Å². The highest BCUT2D eigenvalue weighted by Crippen LogP contribution is 2.08. The zero-order chi connectivity index (χ0) is 8.91. The van der Waals surface area contributed by atoms with Gasteiger partial charge in [0.25, 0.3) is 0 Å². The quantitative estimate of drug-likeness (QED) is 0.652. The van der Waals surface area contributed by atoms with E-state index >= 15 is 0 Å². The summed E-state index contributed by atoms with van der Waals surface area (Å²) in [6, 6.07) is 0. The van der Waals surface area contributed by atoms with E-state index < -0.39 is 11.0 Å². The SMILES string of the molecule is CCCCNS(=O)C(C)(C)C. The van der Waals surface area contributed by atoms with Crippen LogP contribution in [0.15, 0.2) is 0 Å². The average Bonchev–Trinajstić information content (AvgIpc) is 1.86. The second-order valence-corrected chi connectivity index (χ2v) is 5.68. The van der Waals surface area contributed by atoms with Crippen LogP contribution in [0.2, 0.25) is 0 Å². The minimum absolute atomic E-state index is 0.131. The highest BCUT2D eigenvalue weighted by molar-refractivity contribution is 7.84. The summed E-state index contributed by atoms with van der Waals surface area (Å²) in [5.41, 5.74) is 0. The Balaban J connectivity index is 3.54. The van der Waals surface area contributed by atoms with Gasteiger partial charge in [0.1, 0.15) is 0 Å². The lowest BCUT2D eigenvalue weighted by Crippen LogP contribution is -2.33. The van der Waals surface area contributed by atoms with Gasteiger partial charge in [-0.25, -0.2) is 8.93 Å². The van der Waals surface area contributed by atoms with Gasteiger partial charge in [0, 0.05) is 6.54 Å². The van der Waals surface area contributed by atoms with Crippen LogP contribution in [0.1, 0.15) is 40.5 Å². The largest absolute Gasteiger partial charge is 0.242 e. The molecule has 1 unspecified atom stereocenters. The van der Waals surface area contributed by atoms with Crippen LogP contribution in [0.4, 0.5) is 0 Å². The minimum atomic E-state index is -0.889. The first-order valence-electron chi connectivity index (χ1n) is 4.14. The predicted octanol–water partition coefficient (Wildman–Crippen LogP) is 1.84. The Labute approximate surface area is 72.4 Å². The molecule has 0 radical (unpaired) electrons. The number of unbranched alkanes of at least 4 members (excludes halogenated alkanes) is 1. The molecule has 0 spiro atoms. The van der Waals surface area contributed by atoms with Gasteiger partial charge in [-0.3, -0.25) is 0 Å². The normalized spacial score (nSPS) is 14.9. The third-order valence-electron chi connectivity index (χ3n) is 1.32. The van der Waals surface area contributed by atoms with Crippen LogP contribution >= 0.6 is 0 Å². The maximum Gasteiger partial charge on any atom is 0.0970 e. The second-order valence-electron chi connectivity index (χ2n) is 3.63. The van der Waals surface area contributed by atoms with Crippen molar-refractivity contribution in [1.82, 2.24) is 4.72 Å². The molecule has 0 saturated heterocycles. The lowest BCUT2D eigenvalue weighted by molar-refractivity contribution is 0.630. The highest BCUT2D eigenvalue weighted by Gasteiger charge is 2.18. The van der Waals surface area contributed by atoms with Crippen molar-refractivity contribution in [2.75, 3.05) is 6.54 Å². The van der Waals surface area contributed by atoms with Gasteiger partial charge in [0.05, 0.1) is 15.7 Å². The fourth-order valence-electron chi connectivity index (χ4n) is 0.558. The molecule has 11 heavy (non-hydrogen) atoms. The molecule has 0 aromatic rings. The van der Waals surface area contributed by atoms with Crippen LogP contribution in [0, 0.1) is 0 Å². The lowest BCUT2D eigenvalue weighted by Gasteiger charge is -2.17. The Kier molecular flexibility index (Phi) is 4.93. The van der Waals surface area contributed by atoms with Gasteiger partial charge in [-0.1, -0.05) is 13.3 Å². The molecule has 1 N–H and O–H groups in total. The maximum atomic E-state index is 11.3. The van der Waals surface area contributed by atoms with Crippen molar-refractivity contribution in [2.24, 2.45) is 0 Å². The zero-order valence-electron chi connectivity index (χ0n) is 7.94. The van der Waals surface area contributed by atoms with Crippen LogP contribution in [0.5, 0.6) is 0 Å². The fourth-order valence-corrected chi connectivity index (χ4v) is 1.32. The van der Waals surface area contributed by atoms with Crippen LogP contribution in [-0.4, -0.2) is 15.5 Å². The number of hydrogen-bond acceptors (Lipinski definition) is 1. The van der Waals surface area contributed by atoms with E-state index in [0.29, 0.717) is 0 Å². The van der Waals surface area contributed by atoms with Gasteiger partial charge in [-0.05, 0) is 27.2 Å². The lowest BCUT2D eigenvalue weighted by atomic mass is 10.3. The molecule has 0 aliphatic rings. The van der Waals surface area contributed by atoms with Crippen molar-refractivity contribution >= 4 is 11.0 Å². The summed E-state index contributed by atoms with van der Waals surface area (Å²) in [5, 5.41) is 0. The molecule has 68 valence electrons. The zero-order valence-corrected chi connectivity index (χ0v) is 8.75. The first-order valence-corrected chi connectivity index (χ1v) is 5.29. The average molecular weight is 177 g/mol. The van der Waals surface area contributed by atoms with Crippen LogP contribution in [-0.2, 0) is 11.0 Å². The number of rotatable bonds is 4. The summed E-state index contributed by atoms with van der Waals surface area (Å²) in [6.07, 6.45) is 2.25. The number of hydrogen-bond donors (Lipinski definition) is 1. The van der Waals surface area contributed by atoms with Crippen LogP contribution in [0.3, 0.4) is 0 Å². The van der Waals surface area contributed by atoms with Gasteiger partial charge in [-0.2, -0.15) is 0 Å². The molecule has 0 heterocycles. The van der Waals surface area contributed by atoms with Gasteiger partial charge >= 0.3 is 0 Å². The minimum Gasteiger partial charge on any atom is -0.242 e. The van der Waals surface area contributed by atoms with Gasteiger partial charge < -0.3 is 0 Å². The van der Waals surface area contributed by atoms with E-state index in [-0.39, 0.29) is 4.75 Å². The molecule has 2 nitrogen and oxygen atoms in total. The molecular formula is C8H19NOS. The number of nitrogens with one attached hydrogen (secondary N) is 1. The molecule has 0 amide bonds. The molecule has 0 aromatic carbocycles. The van der Waals surface area contributed by atoms with Gasteiger partial charge in [-0.15, -0.1) is 0 Å². The molecule has 0 aliphatic heterocycles. The van der Waals surface area contributed by atoms with Crippen molar-refractivity contribution in [3.05, 3.63) is 0 Å². The highest BCUT2D eigenvalue weighted by atomic mass is 32.2. The summed E-state index contributed by atoms with van der Waals surface area (Å²) < 4.78 is 14.2. The molecule has 0 rings (SSSR count). The summed E-state index contributed by atoms with van der Waals surface area (Å²) >= 11 is 0. The summed E-state index contributed by atoms with van der Waals surface area (Å²) in [5.74, 6) is 0. The first-order chi connectivity index (χ1) is 4.98. The Hall–Kier alpha value is 0.110. The van der Waals surface area contributed by atoms with E-state index in [1.807, 2.05) is 20.8 Å². The molecular weight excluding hydrogens is 158 g/mol. The molecule has 0 aliphatic carbocycles. The van der Waals surface area contributed by atoms with Gasteiger partial charge in [0.2, 0.25) is 0 Å². The van der Waals surface area contributed by atoms with E-state index in [4.69, 9.17) is 0 Å². The molecule has 0 saturated carbocycles.